The molecule has 0 radical (unpaired) electrons. The predicted molar refractivity (Wildman–Crippen MR) is 77.7 cm³/mol. The molecule has 3 nitrogen and oxygen atoms in total. The van der Waals surface area contributed by atoms with Crippen LogP contribution in [-0.2, 0) is 6.54 Å². The Bertz CT molecular complexity index is 514. The summed E-state index contributed by atoms with van der Waals surface area (Å²) >= 11 is 13.7. The van der Waals surface area contributed by atoms with Crippen molar-refractivity contribution in [3.8, 4) is 0 Å². The van der Waals surface area contributed by atoms with Crippen molar-refractivity contribution in [3.05, 3.63) is 38.8 Å². The van der Waals surface area contributed by atoms with Crippen LogP contribution in [0, 0.1) is 0 Å². The van der Waals surface area contributed by atoms with Crippen molar-refractivity contribution in [1.29, 1.82) is 0 Å². The number of nitrogens with zero attached hydrogens (tertiary/aromatic N) is 3. The summed E-state index contributed by atoms with van der Waals surface area (Å²) in [6, 6.07) is 6.19. The molecule has 2 rings (SSSR count). The van der Waals surface area contributed by atoms with Crippen LogP contribution in [0.3, 0.4) is 0 Å². The zero-order chi connectivity index (χ0) is 13.1. The molecule has 0 aromatic carbocycles. The second-order valence-electron chi connectivity index (χ2n) is 4.14. The van der Waals surface area contributed by atoms with Gasteiger partial charge in [-0.3, -0.25) is 0 Å². The molecule has 0 N–H and O–H groups in total. The highest BCUT2D eigenvalue weighted by Gasteiger charge is 2.16. The summed E-state index contributed by atoms with van der Waals surface area (Å²) in [6.45, 7) is 5.01. The number of aromatic nitrogens is 2. The largest absolute Gasteiger partial charge is 0.361 e. The summed E-state index contributed by atoms with van der Waals surface area (Å²) in [4.78, 5) is 3.43. The Hall–Kier alpha value is -0.840. The quantitative estimate of drug-likeness (QED) is 0.845. The normalized spacial score (nSPS) is 10.9. The van der Waals surface area contributed by atoms with E-state index >= 15 is 0 Å². The SMILES string of the molecule is CC(C)N(Cc1cccs1)c1cc(Cl)nnc1Cl. The van der Waals surface area contributed by atoms with Gasteiger partial charge in [0.25, 0.3) is 0 Å². The first kappa shape index (κ1) is 13.6. The first-order valence-electron chi connectivity index (χ1n) is 5.55. The van der Waals surface area contributed by atoms with E-state index in [0.29, 0.717) is 16.3 Å². The number of hydrogen-bond acceptors (Lipinski definition) is 4. The second kappa shape index (κ2) is 5.87. The smallest absolute Gasteiger partial charge is 0.175 e. The Morgan fingerprint density at radius 3 is 2.72 bits per heavy atom. The molecule has 0 fully saturated rings. The maximum absolute atomic E-state index is 6.10. The van der Waals surface area contributed by atoms with Gasteiger partial charge in [0.2, 0.25) is 0 Å². The number of thiophene rings is 1. The van der Waals surface area contributed by atoms with Gasteiger partial charge >= 0.3 is 0 Å². The minimum absolute atomic E-state index is 0.296. The molecule has 0 atom stereocenters. The van der Waals surface area contributed by atoms with Crippen molar-refractivity contribution >= 4 is 40.2 Å². The van der Waals surface area contributed by atoms with Crippen molar-refractivity contribution in [2.45, 2.75) is 26.4 Å². The van der Waals surface area contributed by atoms with Crippen molar-refractivity contribution in [2.24, 2.45) is 0 Å². The standard InChI is InChI=1S/C12H13Cl2N3S/c1-8(2)17(7-9-4-3-5-18-9)10-6-11(13)15-16-12(10)14/h3-6,8H,7H2,1-2H3. The number of rotatable bonds is 4. The third kappa shape index (κ3) is 3.13. The van der Waals surface area contributed by atoms with Crippen molar-refractivity contribution < 1.29 is 0 Å². The molecule has 0 aliphatic carbocycles. The van der Waals surface area contributed by atoms with Crippen molar-refractivity contribution in [1.82, 2.24) is 10.2 Å². The van der Waals surface area contributed by atoms with Crippen LogP contribution in [0.4, 0.5) is 5.69 Å². The Morgan fingerprint density at radius 2 is 2.11 bits per heavy atom. The summed E-state index contributed by atoms with van der Waals surface area (Å²) in [6.07, 6.45) is 0. The number of anilines is 1. The molecule has 0 saturated heterocycles. The highest BCUT2D eigenvalue weighted by molar-refractivity contribution is 7.09. The molecule has 6 heteroatoms. The van der Waals surface area contributed by atoms with Crippen LogP contribution in [0.2, 0.25) is 10.3 Å². The highest BCUT2D eigenvalue weighted by atomic mass is 35.5. The van der Waals surface area contributed by atoms with Crippen molar-refractivity contribution in [2.75, 3.05) is 4.90 Å². The molecule has 2 aromatic heterocycles. The third-order valence-corrected chi connectivity index (χ3v) is 3.85. The van der Waals surface area contributed by atoms with E-state index in [1.807, 2.05) is 6.07 Å². The zero-order valence-electron chi connectivity index (χ0n) is 10.1. The summed E-state index contributed by atoms with van der Waals surface area (Å²) in [7, 11) is 0. The van der Waals surface area contributed by atoms with Gasteiger partial charge in [0.05, 0.1) is 12.2 Å². The molecule has 0 spiro atoms. The molecule has 2 heterocycles. The minimum Gasteiger partial charge on any atom is -0.361 e. The molecule has 2 aromatic rings. The van der Waals surface area contributed by atoms with Gasteiger partial charge in [-0.2, -0.15) is 0 Å². The third-order valence-electron chi connectivity index (χ3n) is 2.54. The lowest BCUT2D eigenvalue weighted by Crippen LogP contribution is -2.30. The van der Waals surface area contributed by atoms with Gasteiger partial charge in [0.1, 0.15) is 0 Å². The van der Waals surface area contributed by atoms with Crippen LogP contribution < -0.4 is 4.90 Å². The lowest BCUT2D eigenvalue weighted by Gasteiger charge is -2.28. The molecule has 0 saturated carbocycles. The van der Waals surface area contributed by atoms with E-state index in [9.17, 15) is 0 Å². The summed E-state index contributed by atoms with van der Waals surface area (Å²) in [5, 5.41) is 10.4. The fourth-order valence-electron chi connectivity index (χ4n) is 1.66. The molecular weight excluding hydrogens is 289 g/mol. The Morgan fingerprint density at radius 1 is 1.33 bits per heavy atom. The highest BCUT2D eigenvalue weighted by Crippen LogP contribution is 2.29. The molecule has 0 amide bonds. The Kier molecular flexibility index (Phi) is 4.43. The molecular formula is C12H13Cl2N3S. The van der Waals surface area contributed by atoms with Gasteiger partial charge in [-0.1, -0.05) is 29.3 Å². The second-order valence-corrected chi connectivity index (χ2v) is 5.92. The van der Waals surface area contributed by atoms with Gasteiger partial charge in [-0.25, -0.2) is 0 Å². The fraction of sp³-hybridized carbons (Fsp3) is 0.333. The molecule has 0 aliphatic rings. The molecule has 96 valence electrons. The topological polar surface area (TPSA) is 29.0 Å². The van der Waals surface area contributed by atoms with Gasteiger partial charge in [-0.15, -0.1) is 21.5 Å². The minimum atomic E-state index is 0.296. The zero-order valence-corrected chi connectivity index (χ0v) is 12.4. The van der Waals surface area contributed by atoms with E-state index < -0.39 is 0 Å². The maximum atomic E-state index is 6.10. The summed E-state index contributed by atoms with van der Waals surface area (Å²) in [5.41, 5.74) is 0.820. The van der Waals surface area contributed by atoms with Crippen LogP contribution in [0.1, 0.15) is 18.7 Å². The van der Waals surface area contributed by atoms with Crippen molar-refractivity contribution in [3.63, 3.8) is 0 Å². The summed E-state index contributed by atoms with van der Waals surface area (Å²) in [5.74, 6) is 0. The van der Waals surface area contributed by atoms with Gasteiger partial charge in [-0.05, 0) is 25.3 Å². The van der Waals surface area contributed by atoms with E-state index in [0.717, 1.165) is 12.2 Å². The van der Waals surface area contributed by atoms with Crippen LogP contribution in [0.5, 0.6) is 0 Å². The van der Waals surface area contributed by atoms with Crippen LogP contribution >= 0.6 is 34.5 Å². The lowest BCUT2D eigenvalue weighted by molar-refractivity contribution is 0.684. The number of halogens is 2. The van der Waals surface area contributed by atoms with Crippen LogP contribution in [0.25, 0.3) is 0 Å². The number of hydrogen-bond donors (Lipinski definition) is 0. The van der Waals surface area contributed by atoms with Crippen LogP contribution in [0.15, 0.2) is 23.6 Å². The van der Waals surface area contributed by atoms with E-state index in [1.54, 1.807) is 17.4 Å². The van der Waals surface area contributed by atoms with E-state index in [4.69, 9.17) is 23.2 Å². The van der Waals surface area contributed by atoms with Gasteiger partial charge < -0.3 is 4.90 Å². The average molecular weight is 302 g/mol. The van der Waals surface area contributed by atoms with Crippen LogP contribution in [-0.4, -0.2) is 16.2 Å². The first-order valence-corrected chi connectivity index (χ1v) is 7.19. The lowest BCUT2D eigenvalue weighted by atomic mass is 10.2. The van der Waals surface area contributed by atoms with E-state index in [1.165, 1.54) is 4.88 Å². The Labute approximate surface area is 120 Å². The first-order chi connectivity index (χ1) is 8.58. The molecule has 0 bridgehead atoms. The van der Waals surface area contributed by atoms with Gasteiger partial charge in [0, 0.05) is 17.0 Å². The Balaban J connectivity index is 2.32. The fourth-order valence-corrected chi connectivity index (χ4v) is 2.71. The van der Waals surface area contributed by atoms with E-state index in [2.05, 4.69) is 40.4 Å². The predicted octanol–water partition coefficient (Wildman–Crippen LogP) is 4.26. The molecule has 0 unspecified atom stereocenters. The maximum Gasteiger partial charge on any atom is 0.175 e. The molecule has 0 aliphatic heterocycles. The van der Waals surface area contributed by atoms with Gasteiger partial charge in [0.15, 0.2) is 10.3 Å². The van der Waals surface area contributed by atoms with E-state index in [-0.39, 0.29) is 0 Å². The average Bonchev–Trinajstić information content (AvgIpc) is 2.82. The summed E-state index contributed by atoms with van der Waals surface area (Å²) < 4.78 is 0. The monoisotopic (exact) mass is 301 g/mol. The molecule has 18 heavy (non-hydrogen) atoms.